The standard InChI is InChI=1S/C20H17N5O2S/c1-25-19-15(11-23-25)20(22-13-21-19)28-12-18(26)24-16-9-5-6-10-17(16)27-14-7-3-2-4-8-14/h2-11,13H,12H2,1H3,(H,24,26). The van der Waals surface area contributed by atoms with Gasteiger partial charge in [0.05, 0.1) is 23.0 Å². The largest absolute Gasteiger partial charge is 0.455 e. The van der Waals surface area contributed by atoms with Gasteiger partial charge in [0, 0.05) is 7.05 Å². The lowest BCUT2D eigenvalue weighted by atomic mass is 10.3. The maximum Gasteiger partial charge on any atom is 0.234 e. The number of amides is 1. The number of rotatable bonds is 6. The molecule has 28 heavy (non-hydrogen) atoms. The average molecular weight is 391 g/mol. The minimum Gasteiger partial charge on any atom is -0.455 e. The zero-order valence-electron chi connectivity index (χ0n) is 15.1. The first-order valence-electron chi connectivity index (χ1n) is 8.58. The molecule has 0 atom stereocenters. The third-order valence-electron chi connectivity index (χ3n) is 3.97. The van der Waals surface area contributed by atoms with Crippen molar-refractivity contribution in [1.82, 2.24) is 19.7 Å². The number of anilines is 1. The zero-order valence-corrected chi connectivity index (χ0v) is 15.9. The van der Waals surface area contributed by atoms with E-state index in [9.17, 15) is 4.79 Å². The number of aryl methyl sites for hydroxylation is 1. The monoisotopic (exact) mass is 391 g/mol. The second kappa shape index (κ2) is 8.10. The van der Waals surface area contributed by atoms with Crippen molar-refractivity contribution >= 4 is 34.4 Å². The summed E-state index contributed by atoms with van der Waals surface area (Å²) in [6.07, 6.45) is 3.19. The number of para-hydroxylation sites is 3. The van der Waals surface area contributed by atoms with E-state index in [0.29, 0.717) is 17.2 Å². The van der Waals surface area contributed by atoms with Crippen LogP contribution >= 0.6 is 11.8 Å². The molecule has 0 saturated heterocycles. The highest BCUT2D eigenvalue weighted by molar-refractivity contribution is 8.00. The Kier molecular flexibility index (Phi) is 5.20. The normalized spacial score (nSPS) is 10.8. The van der Waals surface area contributed by atoms with Gasteiger partial charge >= 0.3 is 0 Å². The number of carbonyl (C=O) groups is 1. The fourth-order valence-electron chi connectivity index (χ4n) is 2.65. The van der Waals surface area contributed by atoms with Gasteiger partial charge in [-0.1, -0.05) is 42.1 Å². The van der Waals surface area contributed by atoms with Crippen molar-refractivity contribution in [2.45, 2.75) is 5.03 Å². The van der Waals surface area contributed by atoms with E-state index in [0.717, 1.165) is 16.1 Å². The number of nitrogens with zero attached hydrogens (tertiary/aromatic N) is 4. The van der Waals surface area contributed by atoms with Gasteiger partial charge in [-0.2, -0.15) is 5.10 Å². The lowest BCUT2D eigenvalue weighted by Gasteiger charge is -2.12. The van der Waals surface area contributed by atoms with E-state index in [2.05, 4.69) is 20.4 Å². The van der Waals surface area contributed by atoms with Crippen LogP contribution in [0.2, 0.25) is 0 Å². The third kappa shape index (κ3) is 3.96. The van der Waals surface area contributed by atoms with Gasteiger partial charge in [0.2, 0.25) is 5.91 Å². The summed E-state index contributed by atoms with van der Waals surface area (Å²) in [5, 5.41) is 8.65. The number of hydrogen-bond donors (Lipinski definition) is 1. The van der Waals surface area contributed by atoms with Gasteiger partial charge in [-0.25, -0.2) is 9.97 Å². The molecule has 2 aromatic heterocycles. The van der Waals surface area contributed by atoms with Crippen LogP contribution in [-0.2, 0) is 11.8 Å². The number of hydrogen-bond acceptors (Lipinski definition) is 6. The molecule has 0 unspecified atom stereocenters. The van der Waals surface area contributed by atoms with Gasteiger partial charge in [0.25, 0.3) is 0 Å². The van der Waals surface area contributed by atoms with Crippen LogP contribution in [-0.4, -0.2) is 31.4 Å². The highest BCUT2D eigenvalue weighted by atomic mass is 32.2. The molecule has 0 fully saturated rings. The Morgan fingerprint density at radius 1 is 1.11 bits per heavy atom. The summed E-state index contributed by atoms with van der Waals surface area (Å²) in [6.45, 7) is 0. The van der Waals surface area contributed by atoms with Crippen molar-refractivity contribution in [2.24, 2.45) is 7.05 Å². The Bertz CT molecular complexity index is 1110. The molecule has 0 spiro atoms. The fraction of sp³-hybridized carbons (Fsp3) is 0.100. The van der Waals surface area contributed by atoms with Crippen molar-refractivity contribution in [2.75, 3.05) is 11.1 Å². The van der Waals surface area contributed by atoms with Crippen LogP contribution in [0.1, 0.15) is 0 Å². The minimum atomic E-state index is -0.148. The van der Waals surface area contributed by atoms with Crippen molar-refractivity contribution < 1.29 is 9.53 Å². The number of aromatic nitrogens is 4. The number of thioether (sulfide) groups is 1. The molecule has 1 N–H and O–H groups in total. The van der Waals surface area contributed by atoms with Crippen LogP contribution in [0.15, 0.2) is 72.1 Å². The molecule has 0 aliphatic rings. The molecule has 2 heterocycles. The molecule has 4 rings (SSSR count). The molecule has 0 saturated carbocycles. The molecular formula is C20H17N5O2S. The maximum absolute atomic E-state index is 12.5. The van der Waals surface area contributed by atoms with Gasteiger partial charge in [-0.3, -0.25) is 9.48 Å². The van der Waals surface area contributed by atoms with Crippen LogP contribution < -0.4 is 10.1 Å². The summed E-state index contributed by atoms with van der Waals surface area (Å²) in [5.41, 5.74) is 1.35. The van der Waals surface area contributed by atoms with E-state index in [1.54, 1.807) is 10.9 Å². The molecule has 0 radical (unpaired) electrons. The second-order valence-electron chi connectivity index (χ2n) is 5.93. The molecular weight excluding hydrogens is 374 g/mol. The van der Waals surface area contributed by atoms with Crippen molar-refractivity contribution in [1.29, 1.82) is 0 Å². The zero-order chi connectivity index (χ0) is 19.3. The summed E-state index contributed by atoms with van der Waals surface area (Å²) in [5.74, 6) is 1.35. The molecule has 0 bridgehead atoms. The number of nitrogens with one attached hydrogen (secondary N) is 1. The molecule has 0 aliphatic heterocycles. The van der Waals surface area contributed by atoms with E-state index < -0.39 is 0 Å². The Hall–Kier alpha value is -3.39. The summed E-state index contributed by atoms with van der Waals surface area (Å²) >= 11 is 1.34. The first-order chi connectivity index (χ1) is 13.7. The molecule has 4 aromatic rings. The number of fused-ring (bicyclic) bond motifs is 1. The number of benzene rings is 2. The van der Waals surface area contributed by atoms with Crippen molar-refractivity contribution in [3.63, 3.8) is 0 Å². The fourth-order valence-corrected chi connectivity index (χ4v) is 3.41. The second-order valence-corrected chi connectivity index (χ2v) is 6.90. The lowest BCUT2D eigenvalue weighted by molar-refractivity contribution is -0.113. The SMILES string of the molecule is Cn1ncc2c(SCC(=O)Nc3ccccc3Oc3ccccc3)ncnc21. The Morgan fingerprint density at radius 3 is 2.75 bits per heavy atom. The minimum absolute atomic E-state index is 0.148. The molecule has 1 amide bonds. The van der Waals surface area contributed by atoms with Gasteiger partial charge in [0.1, 0.15) is 17.1 Å². The van der Waals surface area contributed by atoms with E-state index in [1.165, 1.54) is 18.1 Å². The first kappa shape index (κ1) is 18.0. The van der Waals surface area contributed by atoms with Gasteiger partial charge in [0.15, 0.2) is 11.4 Å². The lowest BCUT2D eigenvalue weighted by Crippen LogP contribution is -2.14. The van der Waals surface area contributed by atoms with Gasteiger partial charge < -0.3 is 10.1 Å². The Labute approximate surface area is 165 Å². The summed E-state index contributed by atoms with van der Waals surface area (Å²) in [7, 11) is 1.82. The van der Waals surface area contributed by atoms with Crippen LogP contribution in [0.4, 0.5) is 5.69 Å². The van der Waals surface area contributed by atoms with E-state index in [1.807, 2.05) is 61.6 Å². The third-order valence-corrected chi connectivity index (χ3v) is 4.97. The molecule has 140 valence electrons. The van der Waals surface area contributed by atoms with Gasteiger partial charge in [-0.15, -0.1) is 0 Å². The maximum atomic E-state index is 12.5. The predicted octanol–water partition coefficient (Wildman–Crippen LogP) is 3.89. The average Bonchev–Trinajstić information content (AvgIpc) is 3.10. The predicted molar refractivity (Wildman–Crippen MR) is 109 cm³/mol. The molecule has 8 heteroatoms. The summed E-state index contributed by atoms with van der Waals surface area (Å²) < 4.78 is 7.56. The topological polar surface area (TPSA) is 81.9 Å². The van der Waals surface area contributed by atoms with Crippen LogP contribution in [0.5, 0.6) is 11.5 Å². The Morgan fingerprint density at radius 2 is 1.89 bits per heavy atom. The molecule has 0 aliphatic carbocycles. The van der Waals surface area contributed by atoms with E-state index in [-0.39, 0.29) is 11.7 Å². The smallest absolute Gasteiger partial charge is 0.234 e. The number of carbonyl (C=O) groups excluding carboxylic acids is 1. The van der Waals surface area contributed by atoms with E-state index in [4.69, 9.17) is 4.74 Å². The van der Waals surface area contributed by atoms with E-state index >= 15 is 0 Å². The van der Waals surface area contributed by atoms with Crippen LogP contribution in [0, 0.1) is 0 Å². The number of ether oxygens (including phenoxy) is 1. The quantitative estimate of drug-likeness (QED) is 0.397. The van der Waals surface area contributed by atoms with Gasteiger partial charge in [-0.05, 0) is 24.3 Å². The van der Waals surface area contributed by atoms with Crippen LogP contribution in [0.25, 0.3) is 11.0 Å². The molecule has 2 aromatic carbocycles. The highest BCUT2D eigenvalue weighted by Crippen LogP contribution is 2.30. The highest BCUT2D eigenvalue weighted by Gasteiger charge is 2.12. The molecule has 7 nitrogen and oxygen atoms in total. The van der Waals surface area contributed by atoms with Crippen molar-refractivity contribution in [3.8, 4) is 11.5 Å². The first-order valence-corrected chi connectivity index (χ1v) is 9.56. The summed E-state index contributed by atoms with van der Waals surface area (Å²) in [4.78, 5) is 21.0. The Balaban J connectivity index is 1.44. The van der Waals surface area contributed by atoms with Crippen LogP contribution in [0.3, 0.4) is 0 Å². The van der Waals surface area contributed by atoms with Crippen molar-refractivity contribution in [3.05, 3.63) is 67.1 Å². The summed E-state index contributed by atoms with van der Waals surface area (Å²) in [6, 6.07) is 16.8.